The molecule has 0 amide bonds. The lowest BCUT2D eigenvalue weighted by atomic mass is 10.0. The molecule has 0 saturated carbocycles. The van der Waals surface area contributed by atoms with E-state index in [1.54, 1.807) is 0 Å². The molecule has 64 valence electrons. The molecule has 0 aliphatic heterocycles. The molecule has 11 heavy (non-hydrogen) atoms. The average molecular weight is 154 g/mol. The SMILES string of the molecule is CCC/C(C=O)=C\C(C)CC. The van der Waals surface area contributed by atoms with Crippen molar-refractivity contribution in [3.05, 3.63) is 11.6 Å². The van der Waals surface area contributed by atoms with Crippen LogP contribution in [0.1, 0.15) is 40.0 Å². The lowest BCUT2D eigenvalue weighted by molar-refractivity contribution is -0.105. The van der Waals surface area contributed by atoms with Gasteiger partial charge in [-0.1, -0.05) is 39.7 Å². The monoisotopic (exact) mass is 154 g/mol. The van der Waals surface area contributed by atoms with Gasteiger partial charge in [-0.25, -0.2) is 0 Å². The van der Waals surface area contributed by atoms with E-state index in [-0.39, 0.29) is 0 Å². The summed E-state index contributed by atoms with van der Waals surface area (Å²) in [4.78, 5) is 10.5. The van der Waals surface area contributed by atoms with Gasteiger partial charge >= 0.3 is 0 Å². The third-order valence-electron chi connectivity index (χ3n) is 1.83. The minimum Gasteiger partial charge on any atom is -0.298 e. The van der Waals surface area contributed by atoms with Gasteiger partial charge in [-0.15, -0.1) is 0 Å². The number of aldehydes is 1. The average Bonchev–Trinajstić information content (AvgIpc) is 2.03. The van der Waals surface area contributed by atoms with Gasteiger partial charge in [0.05, 0.1) is 0 Å². The first-order valence-electron chi connectivity index (χ1n) is 4.40. The van der Waals surface area contributed by atoms with Crippen LogP contribution < -0.4 is 0 Å². The first-order chi connectivity index (χ1) is 5.24. The molecular formula is C10H18O. The lowest BCUT2D eigenvalue weighted by Crippen LogP contribution is -1.91. The number of hydrogen-bond donors (Lipinski definition) is 0. The Kier molecular flexibility index (Phi) is 5.81. The topological polar surface area (TPSA) is 17.1 Å². The molecule has 0 saturated heterocycles. The number of rotatable bonds is 5. The second-order valence-corrected chi connectivity index (χ2v) is 2.99. The molecule has 0 bridgehead atoms. The number of carbonyl (C=O) groups is 1. The van der Waals surface area contributed by atoms with Crippen LogP contribution in [-0.2, 0) is 4.79 Å². The molecular weight excluding hydrogens is 136 g/mol. The fourth-order valence-electron chi connectivity index (χ4n) is 0.954. The van der Waals surface area contributed by atoms with E-state index in [0.717, 1.165) is 31.1 Å². The zero-order chi connectivity index (χ0) is 8.69. The smallest absolute Gasteiger partial charge is 0.145 e. The Morgan fingerprint density at radius 1 is 1.45 bits per heavy atom. The van der Waals surface area contributed by atoms with Crippen LogP contribution in [0.5, 0.6) is 0 Å². The van der Waals surface area contributed by atoms with E-state index in [2.05, 4.69) is 26.8 Å². The molecule has 0 heterocycles. The molecule has 0 aliphatic rings. The molecule has 0 aromatic rings. The summed E-state index contributed by atoms with van der Waals surface area (Å²) in [7, 11) is 0. The third-order valence-corrected chi connectivity index (χ3v) is 1.83. The van der Waals surface area contributed by atoms with E-state index in [1.165, 1.54) is 0 Å². The first kappa shape index (κ1) is 10.4. The summed E-state index contributed by atoms with van der Waals surface area (Å²) in [6.07, 6.45) is 6.15. The molecule has 0 fully saturated rings. The maximum absolute atomic E-state index is 10.5. The van der Waals surface area contributed by atoms with Gasteiger partial charge in [0.15, 0.2) is 0 Å². The lowest BCUT2D eigenvalue weighted by Gasteiger charge is -2.02. The normalized spacial score (nSPS) is 14.6. The third kappa shape index (κ3) is 4.77. The molecule has 1 heteroatoms. The van der Waals surface area contributed by atoms with E-state index in [9.17, 15) is 4.79 Å². The molecule has 0 aromatic heterocycles. The maximum Gasteiger partial charge on any atom is 0.145 e. The van der Waals surface area contributed by atoms with Gasteiger partial charge in [0.25, 0.3) is 0 Å². The highest BCUT2D eigenvalue weighted by atomic mass is 16.1. The molecule has 1 unspecified atom stereocenters. The fourth-order valence-corrected chi connectivity index (χ4v) is 0.954. The Hall–Kier alpha value is -0.590. The van der Waals surface area contributed by atoms with Gasteiger partial charge in [0.2, 0.25) is 0 Å². The van der Waals surface area contributed by atoms with E-state index in [1.807, 2.05) is 0 Å². The highest BCUT2D eigenvalue weighted by Gasteiger charge is 1.97. The Morgan fingerprint density at radius 2 is 2.09 bits per heavy atom. The largest absolute Gasteiger partial charge is 0.298 e. The number of allylic oxidation sites excluding steroid dienone is 2. The highest BCUT2D eigenvalue weighted by molar-refractivity contribution is 5.72. The van der Waals surface area contributed by atoms with Crippen molar-refractivity contribution < 1.29 is 4.79 Å². The van der Waals surface area contributed by atoms with Crippen molar-refractivity contribution in [3.63, 3.8) is 0 Å². The van der Waals surface area contributed by atoms with Crippen molar-refractivity contribution >= 4 is 6.29 Å². The molecule has 0 radical (unpaired) electrons. The van der Waals surface area contributed by atoms with E-state index in [4.69, 9.17) is 0 Å². The molecule has 1 atom stereocenters. The van der Waals surface area contributed by atoms with Gasteiger partial charge in [-0.05, 0) is 17.9 Å². The van der Waals surface area contributed by atoms with Gasteiger partial charge in [-0.2, -0.15) is 0 Å². The zero-order valence-electron chi connectivity index (χ0n) is 7.76. The summed E-state index contributed by atoms with van der Waals surface area (Å²) in [5.41, 5.74) is 0.960. The Balaban J connectivity index is 3.98. The Bertz CT molecular complexity index is 136. The second kappa shape index (κ2) is 6.14. The summed E-state index contributed by atoms with van der Waals surface area (Å²) in [5, 5.41) is 0. The summed E-state index contributed by atoms with van der Waals surface area (Å²) >= 11 is 0. The minimum atomic E-state index is 0.543. The van der Waals surface area contributed by atoms with E-state index >= 15 is 0 Å². The molecule has 0 aromatic carbocycles. The van der Waals surface area contributed by atoms with Gasteiger partial charge < -0.3 is 0 Å². The van der Waals surface area contributed by atoms with Gasteiger partial charge in [-0.3, -0.25) is 4.79 Å². The van der Waals surface area contributed by atoms with Crippen LogP contribution in [0.2, 0.25) is 0 Å². The van der Waals surface area contributed by atoms with Gasteiger partial charge in [0, 0.05) is 0 Å². The zero-order valence-corrected chi connectivity index (χ0v) is 7.76. The van der Waals surface area contributed by atoms with E-state index < -0.39 is 0 Å². The van der Waals surface area contributed by atoms with Crippen molar-refractivity contribution in [1.29, 1.82) is 0 Å². The molecule has 0 N–H and O–H groups in total. The van der Waals surface area contributed by atoms with Crippen molar-refractivity contribution in [2.24, 2.45) is 5.92 Å². The van der Waals surface area contributed by atoms with Gasteiger partial charge in [0.1, 0.15) is 6.29 Å². The molecule has 0 spiro atoms. The van der Waals surface area contributed by atoms with Crippen molar-refractivity contribution in [1.82, 2.24) is 0 Å². The summed E-state index contributed by atoms with van der Waals surface area (Å²) in [5.74, 6) is 0.543. The summed E-state index contributed by atoms with van der Waals surface area (Å²) < 4.78 is 0. The first-order valence-corrected chi connectivity index (χ1v) is 4.40. The number of hydrogen-bond acceptors (Lipinski definition) is 1. The summed E-state index contributed by atoms with van der Waals surface area (Å²) in [6, 6.07) is 0. The van der Waals surface area contributed by atoms with E-state index in [0.29, 0.717) is 5.92 Å². The molecule has 0 rings (SSSR count). The summed E-state index contributed by atoms with van der Waals surface area (Å²) in [6.45, 7) is 6.36. The Labute approximate surface area is 69.5 Å². The van der Waals surface area contributed by atoms with Crippen LogP contribution in [-0.4, -0.2) is 6.29 Å². The number of carbonyl (C=O) groups excluding carboxylic acids is 1. The second-order valence-electron chi connectivity index (χ2n) is 2.99. The van der Waals surface area contributed by atoms with Crippen LogP contribution in [0.25, 0.3) is 0 Å². The van der Waals surface area contributed by atoms with Crippen LogP contribution in [0.4, 0.5) is 0 Å². The molecule has 0 aliphatic carbocycles. The van der Waals surface area contributed by atoms with Crippen molar-refractivity contribution in [3.8, 4) is 0 Å². The standard InChI is InChI=1S/C10H18O/c1-4-6-10(8-11)7-9(3)5-2/h7-9H,4-6H2,1-3H3/b10-7+. The van der Waals surface area contributed by atoms with Crippen LogP contribution in [0, 0.1) is 5.92 Å². The molecule has 1 nitrogen and oxygen atoms in total. The minimum absolute atomic E-state index is 0.543. The van der Waals surface area contributed by atoms with Crippen LogP contribution >= 0.6 is 0 Å². The highest BCUT2D eigenvalue weighted by Crippen LogP contribution is 2.09. The Morgan fingerprint density at radius 3 is 2.45 bits per heavy atom. The predicted octanol–water partition coefficient (Wildman–Crippen LogP) is 2.96. The fraction of sp³-hybridized carbons (Fsp3) is 0.700. The quantitative estimate of drug-likeness (QED) is 0.439. The van der Waals surface area contributed by atoms with Crippen molar-refractivity contribution in [2.75, 3.05) is 0 Å². The maximum atomic E-state index is 10.5. The predicted molar refractivity (Wildman–Crippen MR) is 48.5 cm³/mol. The van der Waals surface area contributed by atoms with Crippen LogP contribution in [0.15, 0.2) is 11.6 Å². The van der Waals surface area contributed by atoms with Crippen LogP contribution in [0.3, 0.4) is 0 Å². The van der Waals surface area contributed by atoms with Crippen molar-refractivity contribution in [2.45, 2.75) is 40.0 Å².